The molecule has 80 valence electrons. The van der Waals surface area contributed by atoms with E-state index in [-0.39, 0.29) is 11.5 Å². The van der Waals surface area contributed by atoms with Crippen molar-refractivity contribution >= 4 is 0 Å². The van der Waals surface area contributed by atoms with E-state index < -0.39 is 0 Å². The van der Waals surface area contributed by atoms with Crippen LogP contribution in [0.2, 0.25) is 0 Å². The Kier molecular flexibility index (Phi) is 3.91. The summed E-state index contributed by atoms with van der Waals surface area (Å²) in [6, 6.07) is 2.38. The number of methoxy groups -OCH3 is 1. The number of hydrogen-bond donors (Lipinski definition) is 0. The second kappa shape index (κ2) is 4.77. The van der Waals surface area contributed by atoms with Crippen molar-refractivity contribution in [1.82, 2.24) is 4.90 Å². The SMILES string of the molecule is COCCN1CCC(C#N)CC1(C)C. The molecule has 1 unspecified atom stereocenters. The molecule has 1 aliphatic heterocycles. The van der Waals surface area contributed by atoms with Crippen LogP contribution >= 0.6 is 0 Å². The Bertz CT molecular complexity index is 220. The highest BCUT2D eigenvalue weighted by atomic mass is 16.5. The fourth-order valence-corrected chi connectivity index (χ4v) is 2.17. The van der Waals surface area contributed by atoms with Gasteiger partial charge in [0.1, 0.15) is 0 Å². The minimum atomic E-state index is 0.150. The Balaban J connectivity index is 2.50. The van der Waals surface area contributed by atoms with Crippen molar-refractivity contribution < 1.29 is 4.74 Å². The summed E-state index contributed by atoms with van der Waals surface area (Å²) in [5.41, 5.74) is 0.150. The largest absolute Gasteiger partial charge is 0.383 e. The zero-order chi connectivity index (χ0) is 10.6. The van der Waals surface area contributed by atoms with E-state index in [1.54, 1.807) is 7.11 Å². The average Bonchev–Trinajstić information content (AvgIpc) is 2.15. The summed E-state index contributed by atoms with van der Waals surface area (Å²) in [7, 11) is 1.73. The summed E-state index contributed by atoms with van der Waals surface area (Å²) < 4.78 is 5.08. The lowest BCUT2D eigenvalue weighted by Crippen LogP contribution is -2.50. The van der Waals surface area contributed by atoms with Gasteiger partial charge >= 0.3 is 0 Å². The summed E-state index contributed by atoms with van der Waals surface area (Å²) in [5.74, 6) is 0.240. The smallest absolute Gasteiger partial charge is 0.0657 e. The maximum Gasteiger partial charge on any atom is 0.0657 e. The molecule has 1 heterocycles. The number of piperidine rings is 1. The molecule has 3 heteroatoms. The van der Waals surface area contributed by atoms with Crippen LogP contribution in [0.5, 0.6) is 0 Å². The minimum Gasteiger partial charge on any atom is -0.383 e. The second-order valence-electron chi connectivity index (χ2n) is 4.61. The average molecular weight is 196 g/mol. The van der Waals surface area contributed by atoms with E-state index >= 15 is 0 Å². The zero-order valence-electron chi connectivity index (χ0n) is 9.42. The highest BCUT2D eigenvalue weighted by molar-refractivity contribution is 4.96. The van der Waals surface area contributed by atoms with Gasteiger partial charge in [-0.3, -0.25) is 4.90 Å². The second-order valence-corrected chi connectivity index (χ2v) is 4.61. The number of rotatable bonds is 3. The van der Waals surface area contributed by atoms with Crippen LogP contribution in [0.3, 0.4) is 0 Å². The molecular weight excluding hydrogens is 176 g/mol. The lowest BCUT2D eigenvalue weighted by molar-refractivity contribution is 0.0354. The topological polar surface area (TPSA) is 36.3 Å². The normalized spacial score (nSPS) is 27.1. The molecule has 1 atom stereocenters. The molecule has 0 aromatic carbocycles. The predicted octanol–water partition coefficient (Wildman–Crippen LogP) is 1.65. The first-order chi connectivity index (χ1) is 6.60. The van der Waals surface area contributed by atoms with Crippen molar-refractivity contribution in [3.8, 4) is 6.07 Å². The minimum absolute atomic E-state index is 0.150. The third kappa shape index (κ3) is 2.70. The molecule has 3 nitrogen and oxygen atoms in total. The molecule has 1 saturated heterocycles. The highest BCUT2D eigenvalue weighted by Gasteiger charge is 2.34. The molecule has 0 N–H and O–H groups in total. The lowest BCUT2D eigenvalue weighted by Gasteiger charge is -2.44. The van der Waals surface area contributed by atoms with Crippen molar-refractivity contribution in [2.75, 3.05) is 26.8 Å². The van der Waals surface area contributed by atoms with Gasteiger partial charge in [0.2, 0.25) is 0 Å². The number of hydrogen-bond acceptors (Lipinski definition) is 3. The van der Waals surface area contributed by atoms with Crippen molar-refractivity contribution in [3.63, 3.8) is 0 Å². The van der Waals surface area contributed by atoms with Gasteiger partial charge in [0.05, 0.1) is 12.7 Å². The maximum absolute atomic E-state index is 8.89. The summed E-state index contributed by atoms with van der Waals surface area (Å²) in [6.45, 7) is 7.20. The van der Waals surface area contributed by atoms with E-state index in [1.165, 1.54) is 0 Å². The molecule has 0 amide bonds. The van der Waals surface area contributed by atoms with Gasteiger partial charge in [-0.25, -0.2) is 0 Å². The van der Waals surface area contributed by atoms with E-state index in [0.717, 1.165) is 32.5 Å². The lowest BCUT2D eigenvalue weighted by atomic mass is 9.83. The maximum atomic E-state index is 8.89. The van der Waals surface area contributed by atoms with E-state index in [0.29, 0.717) is 0 Å². The monoisotopic (exact) mass is 196 g/mol. The van der Waals surface area contributed by atoms with Crippen molar-refractivity contribution in [3.05, 3.63) is 0 Å². The third-order valence-corrected chi connectivity index (χ3v) is 3.10. The number of ether oxygens (including phenoxy) is 1. The predicted molar refractivity (Wildman–Crippen MR) is 55.9 cm³/mol. The van der Waals surface area contributed by atoms with Gasteiger partial charge in [-0.05, 0) is 26.7 Å². The fourth-order valence-electron chi connectivity index (χ4n) is 2.17. The molecule has 0 saturated carbocycles. The van der Waals surface area contributed by atoms with Crippen molar-refractivity contribution in [2.45, 2.75) is 32.2 Å². The molecule has 14 heavy (non-hydrogen) atoms. The molecule has 0 aromatic heterocycles. The van der Waals surface area contributed by atoms with Crippen LogP contribution in [0.25, 0.3) is 0 Å². The fraction of sp³-hybridized carbons (Fsp3) is 0.909. The zero-order valence-corrected chi connectivity index (χ0v) is 9.42. The third-order valence-electron chi connectivity index (χ3n) is 3.10. The summed E-state index contributed by atoms with van der Waals surface area (Å²) >= 11 is 0. The van der Waals surface area contributed by atoms with Crippen LogP contribution in [0.1, 0.15) is 26.7 Å². The van der Waals surface area contributed by atoms with Gasteiger partial charge in [0, 0.05) is 31.7 Å². The van der Waals surface area contributed by atoms with Gasteiger partial charge in [0.15, 0.2) is 0 Å². The Hall–Kier alpha value is -0.590. The van der Waals surface area contributed by atoms with Crippen LogP contribution in [0.4, 0.5) is 0 Å². The Morgan fingerprint density at radius 3 is 2.79 bits per heavy atom. The number of likely N-dealkylation sites (tertiary alicyclic amines) is 1. The van der Waals surface area contributed by atoms with Crippen LogP contribution in [-0.4, -0.2) is 37.2 Å². The van der Waals surface area contributed by atoms with Gasteiger partial charge < -0.3 is 4.74 Å². The quantitative estimate of drug-likeness (QED) is 0.688. The van der Waals surface area contributed by atoms with E-state index in [9.17, 15) is 0 Å². The standard InChI is InChI=1S/C11H20N2O/c1-11(2)8-10(9-12)4-5-13(11)6-7-14-3/h10H,4-8H2,1-3H3. The first-order valence-electron chi connectivity index (χ1n) is 5.24. The van der Waals surface area contributed by atoms with E-state index in [4.69, 9.17) is 10.00 Å². The van der Waals surface area contributed by atoms with Gasteiger partial charge in [0.25, 0.3) is 0 Å². The molecule has 1 rings (SSSR count). The molecule has 1 aliphatic rings. The Morgan fingerprint density at radius 1 is 1.57 bits per heavy atom. The van der Waals surface area contributed by atoms with Gasteiger partial charge in [-0.15, -0.1) is 0 Å². The van der Waals surface area contributed by atoms with Gasteiger partial charge in [-0.2, -0.15) is 5.26 Å². The van der Waals surface area contributed by atoms with Crippen molar-refractivity contribution in [2.24, 2.45) is 5.92 Å². The highest BCUT2D eigenvalue weighted by Crippen LogP contribution is 2.30. The summed E-state index contributed by atoms with van der Waals surface area (Å²) in [6.07, 6.45) is 1.98. The van der Waals surface area contributed by atoms with E-state index in [1.807, 2.05) is 0 Å². The van der Waals surface area contributed by atoms with Crippen LogP contribution < -0.4 is 0 Å². The first-order valence-corrected chi connectivity index (χ1v) is 5.24. The molecule has 0 radical (unpaired) electrons. The van der Waals surface area contributed by atoms with Crippen LogP contribution in [0.15, 0.2) is 0 Å². The molecule has 0 aromatic rings. The van der Waals surface area contributed by atoms with Gasteiger partial charge in [-0.1, -0.05) is 0 Å². The summed E-state index contributed by atoms with van der Waals surface area (Å²) in [4.78, 5) is 2.42. The molecular formula is C11H20N2O. The molecule has 1 fully saturated rings. The van der Waals surface area contributed by atoms with Crippen molar-refractivity contribution in [1.29, 1.82) is 5.26 Å². The molecule has 0 aliphatic carbocycles. The summed E-state index contributed by atoms with van der Waals surface area (Å²) in [5, 5.41) is 8.89. The van der Waals surface area contributed by atoms with Crippen LogP contribution in [-0.2, 0) is 4.74 Å². The first kappa shape index (κ1) is 11.5. The van der Waals surface area contributed by atoms with Crippen LogP contribution in [0, 0.1) is 17.2 Å². The molecule has 0 bridgehead atoms. The van der Waals surface area contributed by atoms with E-state index in [2.05, 4.69) is 24.8 Å². The number of nitriles is 1. The Morgan fingerprint density at radius 2 is 2.29 bits per heavy atom. The Labute approximate surface area is 86.6 Å². The molecule has 0 spiro atoms. The number of nitrogens with zero attached hydrogens (tertiary/aromatic N) is 2.